The third kappa shape index (κ3) is 5.04. The number of hydrogen-bond acceptors (Lipinski definition) is 3. The SMILES string of the molecule is C(#C[I+]c1ccccc1)COC1OCCCO1. The van der Waals surface area contributed by atoms with Gasteiger partial charge in [-0.15, -0.1) is 0 Å². The lowest BCUT2D eigenvalue weighted by molar-refractivity contribution is -0.535. The highest BCUT2D eigenvalue weighted by Gasteiger charge is 2.13. The van der Waals surface area contributed by atoms with Gasteiger partial charge in [-0.3, -0.25) is 0 Å². The van der Waals surface area contributed by atoms with Gasteiger partial charge in [0.05, 0.1) is 13.2 Å². The first-order valence-corrected chi connectivity index (χ1v) is 7.62. The highest BCUT2D eigenvalue weighted by Crippen LogP contribution is 2.04. The summed E-state index contributed by atoms with van der Waals surface area (Å²) >= 11 is -0.227. The van der Waals surface area contributed by atoms with Crippen LogP contribution in [0.3, 0.4) is 0 Å². The van der Waals surface area contributed by atoms with Crippen LogP contribution in [0.5, 0.6) is 0 Å². The molecule has 0 aliphatic carbocycles. The molecule has 0 aromatic heterocycles. The van der Waals surface area contributed by atoms with E-state index in [1.54, 1.807) is 0 Å². The van der Waals surface area contributed by atoms with Crippen LogP contribution in [-0.4, -0.2) is 26.3 Å². The Balaban J connectivity index is 1.65. The minimum Gasteiger partial charge on any atom is -0.330 e. The Morgan fingerprint density at radius 2 is 2.00 bits per heavy atom. The smallest absolute Gasteiger partial charge is 0.330 e. The molecule has 0 saturated carbocycles. The van der Waals surface area contributed by atoms with Crippen LogP contribution >= 0.6 is 0 Å². The monoisotopic (exact) mass is 345 g/mol. The van der Waals surface area contributed by atoms with Gasteiger partial charge in [0.2, 0.25) is 3.57 Å². The van der Waals surface area contributed by atoms with Crippen LogP contribution in [0.25, 0.3) is 0 Å². The fourth-order valence-corrected chi connectivity index (χ4v) is 2.70. The lowest BCUT2D eigenvalue weighted by Gasteiger charge is -2.21. The van der Waals surface area contributed by atoms with Gasteiger partial charge in [0.15, 0.2) is 3.93 Å². The fourth-order valence-electron chi connectivity index (χ4n) is 1.26. The van der Waals surface area contributed by atoms with Crippen LogP contribution in [0.4, 0.5) is 0 Å². The van der Waals surface area contributed by atoms with Crippen molar-refractivity contribution in [3.63, 3.8) is 0 Å². The highest BCUT2D eigenvalue weighted by atomic mass is 127. The van der Waals surface area contributed by atoms with Crippen LogP contribution in [0, 0.1) is 13.4 Å². The van der Waals surface area contributed by atoms with Crippen molar-refractivity contribution in [2.45, 2.75) is 12.9 Å². The Bertz CT molecular complexity index is 377. The molecule has 1 aliphatic heterocycles. The lowest BCUT2D eigenvalue weighted by Crippen LogP contribution is -3.59. The zero-order valence-electron chi connectivity index (χ0n) is 9.40. The van der Waals surface area contributed by atoms with Gasteiger partial charge in [0.1, 0.15) is 6.61 Å². The van der Waals surface area contributed by atoms with Crippen molar-refractivity contribution >= 4 is 0 Å². The van der Waals surface area contributed by atoms with Crippen molar-refractivity contribution in [3.8, 4) is 9.85 Å². The predicted octanol–water partition coefficient (Wildman–Crippen LogP) is -1.36. The summed E-state index contributed by atoms with van der Waals surface area (Å²) in [5.41, 5.74) is 0. The molecule has 1 aromatic rings. The predicted molar refractivity (Wildman–Crippen MR) is 59.2 cm³/mol. The molecule has 0 N–H and O–H groups in total. The van der Waals surface area contributed by atoms with E-state index in [1.165, 1.54) is 3.57 Å². The maximum absolute atomic E-state index is 5.32. The van der Waals surface area contributed by atoms with E-state index in [0.717, 1.165) is 6.42 Å². The first-order valence-electron chi connectivity index (χ1n) is 5.47. The van der Waals surface area contributed by atoms with Crippen molar-refractivity contribution in [3.05, 3.63) is 33.9 Å². The third-order valence-corrected chi connectivity index (χ3v) is 4.04. The van der Waals surface area contributed by atoms with Gasteiger partial charge in [-0.25, -0.2) is 0 Å². The van der Waals surface area contributed by atoms with Gasteiger partial charge in [0.25, 0.3) is 6.48 Å². The van der Waals surface area contributed by atoms with Crippen LogP contribution in [-0.2, 0) is 14.2 Å². The minimum absolute atomic E-state index is 0.227. The van der Waals surface area contributed by atoms with Crippen LogP contribution in [0.2, 0.25) is 0 Å². The van der Waals surface area contributed by atoms with Crippen molar-refractivity contribution in [2.75, 3.05) is 19.8 Å². The Hall–Kier alpha value is -0.610. The summed E-state index contributed by atoms with van der Waals surface area (Å²) in [5, 5.41) is 0. The molecule has 1 aromatic carbocycles. The van der Waals surface area contributed by atoms with E-state index in [2.05, 4.69) is 22.0 Å². The number of ether oxygens (including phenoxy) is 3. The summed E-state index contributed by atoms with van der Waals surface area (Å²) in [7, 11) is 0. The molecule has 2 rings (SSSR count). The Labute approximate surface area is 112 Å². The largest absolute Gasteiger partial charge is 0.419 e. The molecular formula is C13H14IO3+. The summed E-state index contributed by atoms with van der Waals surface area (Å²) in [6.07, 6.45) is 0.936. The average Bonchev–Trinajstić information content (AvgIpc) is 2.41. The van der Waals surface area contributed by atoms with Gasteiger partial charge in [-0.1, -0.05) is 18.2 Å². The molecular weight excluding hydrogens is 331 g/mol. The molecule has 17 heavy (non-hydrogen) atoms. The fraction of sp³-hybridized carbons (Fsp3) is 0.385. The molecule has 0 atom stereocenters. The number of benzene rings is 1. The van der Waals surface area contributed by atoms with Gasteiger partial charge < -0.3 is 14.2 Å². The molecule has 90 valence electrons. The van der Waals surface area contributed by atoms with E-state index in [4.69, 9.17) is 14.2 Å². The molecule has 1 saturated heterocycles. The number of rotatable bonds is 3. The second-order valence-corrected chi connectivity index (χ2v) is 5.68. The molecule has 0 spiro atoms. The zero-order valence-corrected chi connectivity index (χ0v) is 11.6. The maximum Gasteiger partial charge on any atom is 0.419 e. The number of halogens is 1. The summed E-state index contributed by atoms with van der Waals surface area (Å²) in [6.45, 7) is 1.26. The van der Waals surface area contributed by atoms with Gasteiger partial charge in [0, 0.05) is 0 Å². The van der Waals surface area contributed by atoms with Gasteiger partial charge in [-0.2, -0.15) is 0 Å². The number of hydrogen-bond donors (Lipinski definition) is 0. The maximum atomic E-state index is 5.32. The molecule has 0 radical (unpaired) electrons. The van der Waals surface area contributed by atoms with E-state index in [0.29, 0.717) is 19.8 Å². The van der Waals surface area contributed by atoms with Crippen molar-refractivity contribution in [1.82, 2.24) is 0 Å². The lowest BCUT2D eigenvalue weighted by atomic mass is 10.4. The average molecular weight is 345 g/mol. The summed E-state index contributed by atoms with van der Waals surface area (Å²) in [6, 6.07) is 10.3. The zero-order chi connectivity index (χ0) is 11.8. The first-order chi connectivity index (χ1) is 8.45. The van der Waals surface area contributed by atoms with E-state index >= 15 is 0 Å². The molecule has 0 unspecified atom stereocenters. The van der Waals surface area contributed by atoms with E-state index in [1.807, 2.05) is 18.2 Å². The summed E-state index contributed by atoms with van der Waals surface area (Å²) in [5.74, 6) is 3.00. The Morgan fingerprint density at radius 1 is 1.24 bits per heavy atom. The molecule has 0 amide bonds. The Kier molecular flexibility index (Phi) is 5.79. The topological polar surface area (TPSA) is 27.7 Å². The standard InChI is InChI=1S/C13H14IO3/c1-2-6-12(7-3-1)14-8-4-9-15-13-16-10-5-11-17-13/h1-3,6-7,13H,5,9-11H2/q+1. The molecule has 0 bridgehead atoms. The third-order valence-electron chi connectivity index (χ3n) is 2.04. The second kappa shape index (κ2) is 7.67. The molecule has 1 heterocycles. The van der Waals surface area contributed by atoms with Gasteiger partial charge >= 0.3 is 21.2 Å². The molecule has 1 aliphatic rings. The first kappa shape index (κ1) is 12.8. The van der Waals surface area contributed by atoms with E-state index < -0.39 is 6.48 Å². The van der Waals surface area contributed by atoms with Crippen molar-refractivity contribution in [1.29, 1.82) is 0 Å². The van der Waals surface area contributed by atoms with Gasteiger partial charge in [-0.05, 0) is 24.5 Å². The van der Waals surface area contributed by atoms with E-state index in [9.17, 15) is 0 Å². The van der Waals surface area contributed by atoms with Crippen LogP contribution < -0.4 is 21.2 Å². The quantitative estimate of drug-likeness (QED) is 0.501. The Morgan fingerprint density at radius 3 is 2.76 bits per heavy atom. The summed E-state index contributed by atoms with van der Waals surface area (Å²) in [4.78, 5) is 0. The molecule has 4 heteroatoms. The highest BCUT2D eigenvalue weighted by molar-refractivity contribution is 5.00. The summed E-state index contributed by atoms with van der Waals surface area (Å²) < 4.78 is 20.3. The van der Waals surface area contributed by atoms with Crippen LogP contribution in [0.15, 0.2) is 30.3 Å². The van der Waals surface area contributed by atoms with E-state index in [-0.39, 0.29) is 21.2 Å². The molecule has 3 nitrogen and oxygen atoms in total. The van der Waals surface area contributed by atoms with Crippen molar-refractivity contribution in [2.24, 2.45) is 0 Å². The van der Waals surface area contributed by atoms with Crippen molar-refractivity contribution < 1.29 is 35.4 Å². The normalized spacial score (nSPS) is 16.2. The van der Waals surface area contributed by atoms with Crippen LogP contribution in [0.1, 0.15) is 6.42 Å². The minimum atomic E-state index is -0.520. The molecule has 1 fully saturated rings. The second-order valence-electron chi connectivity index (χ2n) is 3.36.